The van der Waals surface area contributed by atoms with E-state index in [9.17, 15) is 0 Å². The molecule has 2 saturated carbocycles. The molecule has 0 amide bonds. The van der Waals surface area contributed by atoms with E-state index in [1.165, 1.54) is 42.5 Å². The predicted octanol–water partition coefficient (Wildman–Crippen LogP) is 5.19. The molecular formula is C16H24ClNS. The van der Waals surface area contributed by atoms with Gasteiger partial charge in [-0.3, -0.25) is 0 Å². The second kappa shape index (κ2) is 5.75. The summed E-state index contributed by atoms with van der Waals surface area (Å²) in [4.78, 5) is 1.47. The number of aryl methyl sites for hydroxylation is 1. The highest BCUT2D eigenvalue weighted by atomic mass is 35.5. The third-order valence-corrected chi connectivity index (χ3v) is 6.66. The van der Waals surface area contributed by atoms with Gasteiger partial charge in [0.05, 0.1) is 4.34 Å². The van der Waals surface area contributed by atoms with E-state index in [1.807, 2.05) is 0 Å². The summed E-state index contributed by atoms with van der Waals surface area (Å²) in [6.07, 6.45) is 7.05. The summed E-state index contributed by atoms with van der Waals surface area (Å²) < 4.78 is 0.974. The van der Waals surface area contributed by atoms with Crippen LogP contribution in [0.3, 0.4) is 0 Å². The van der Waals surface area contributed by atoms with Crippen molar-refractivity contribution in [2.45, 2.75) is 52.0 Å². The lowest BCUT2D eigenvalue weighted by Crippen LogP contribution is -2.31. The summed E-state index contributed by atoms with van der Waals surface area (Å²) in [5.74, 6) is 2.82. The van der Waals surface area contributed by atoms with E-state index in [0.717, 1.165) is 28.6 Å². The molecule has 0 aromatic carbocycles. The summed E-state index contributed by atoms with van der Waals surface area (Å²) in [7, 11) is 0. The van der Waals surface area contributed by atoms with Gasteiger partial charge in [0, 0.05) is 10.9 Å². The minimum Gasteiger partial charge on any atom is -0.309 e. The van der Waals surface area contributed by atoms with Crippen LogP contribution in [0.1, 0.15) is 55.5 Å². The molecule has 3 rings (SSSR count). The molecule has 0 radical (unpaired) electrons. The van der Waals surface area contributed by atoms with Gasteiger partial charge in [0.1, 0.15) is 0 Å². The Labute approximate surface area is 125 Å². The molecule has 2 aliphatic carbocycles. The van der Waals surface area contributed by atoms with E-state index in [4.69, 9.17) is 11.6 Å². The van der Waals surface area contributed by atoms with Gasteiger partial charge in [0.15, 0.2) is 0 Å². The van der Waals surface area contributed by atoms with Crippen LogP contribution in [0.15, 0.2) is 6.07 Å². The standard InChI is InChI=1S/C16H24ClNS/c1-3-6-18-15(14-7-10(2)16(17)19-14)13-9-11-4-5-12(13)8-11/h7,11-13,15,18H,3-6,8-9H2,1-2H3. The van der Waals surface area contributed by atoms with E-state index in [-0.39, 0.29) is 0 Å². The quantitative estimate of drug-likeness (QED) is 0.789. The maximum atomic E-state index is 6.28. The SMILES string of the molecule is CCCNC(c1cc(C)c(Cl)s1)C1CC2CCC1C2. The van der Waals surface area contributed by atoms with Crippen molar-refractivity contribution in [1.82, 2.24) is 5.32 Å². The molecule has 4 atom stereocenters. The van der Waals surface area contributed by atoms with Gasteiger partial charge in [-0.05, 0) is 68.5 Å². The fourth-order valence-electron chi connectivity index (χ4n) is 4.10. The van der Waals surface area contributed by atoms with Gasteiger partial charge in [-0.25, -0.2) is 0 Å². The third-order valence-electron chi connectivity index (χ3n) is 5.02. The van der Waals surface area contributed by atoms with Crippen LogP contribution in [0.4, 0.5) is 0 Å². The number of fused-ring (bicyclic) bond motifs is 2. The first-order chi connectivity index (χ1) is 9.19. The molecule has 4 unspecified atom stereocenters. The maximum Gasteiger partial charge on any atom is 0.0960 e. The first-order valence-corrected chi connectivity index (χ1v) is 8.87. The van der Waals surface area contributed by atoms with E-state index >= 15 is 0 Å². The van der Waals surface area contributed by atoms with Crippen molar-refractivity contribution in [2.75, 3.05) is 6.54 Å². The Bertz CT molecular complexity index is 422. The Kier molecular flexibility index (Phi) is 4.21. The van der Waals surface area contributed by atoms with Gasteiger partial charge >= 0.3 is 0 Å². The second-order valence-corrected chi connectivity index (χ2v) is 8.06. The molecule has 106 valence electrons. The molecule has 1 N–H and O–H groups in total. The summed E-state index contributed by atoms with van der Waals surface area (Å²) in [6.45, 7) is 5.49. The zero-order chi connectivity index (χ0) is 13.4. The topological polar surface area (TPSA) is 12.0 Å². The summed E-state index contributed by atoms with van der Waals surface area (Å²) in [6, 6.07) is 2.86. The van der Waals surface area contributed by atoms with Crippen molar-refractivity contribution in [3.8, 4) is 0 Å². The van der Waals surface area contributed by atoms with Crippen LogP contribution in [-0.4, -0.2) is 6.54 Å². The summed E-state index contributed by atoms with van der Waals surface area (Å²) >= 11 is 8.07. The van der Waals surface area contributed by atoms with Crippen LogP contribution in [-0.2, 0) is 0 Å². The number of nitrogens with one attached hydrogen (secondary N) is 1. The van der Waals surface area contributed by atoms with Crippen molar-refractivity contribution in [3.05, 3.63) is 20.8 Å². The molecule has 0 saturated heterocycles. The molecule has 1 aromatic rings. The van der Waals surface area contributed by atoms with Gasteiger partial charge in [0.2, 0.25) is 0 Å². The molecule has 19 heavy (non-hydrogen) atoms. The zero-order valence-electron chi connectivity index (χ0n) is 11.9. The van der Waals surface area contributed by atoms with Gasteiger partial charge in [-0.1, -0.05) is 24.9 Å². The van der Waals surface area contributed by atoms with Gasteiger partial charge in [-0.15, -0.1) is 11.3 Å². The van der Waals surface area contributed by atoms with Gasteiger partial charge < -0.3 is 5.32 Å². The van der Waals surface area contributed by atoms with Crippen molar-refractivity contribution < 1.29 is 0 Å². The Balaban J connectivity index is 1.81. The van der Waals surface area contributed by atoms with Crippen LogP contribution in [0.5, 0.6) is 0 Å². The van der Waals surface area contributed by atoms with Crippen LogP contribution in [0.25, 0.3) is 0 Å². The molecular weight excluding hydrogens is 274 g/mol. The molecule has 1 aromatic heterocycles. The van der Waals surface area contributed by atoms with Crippen molar-refractivity contribution >= 4 is 22.9 Å². The first-order valence-electron chi connectivity index (χ1n) is 7.68. The Hall–Kier alpha value is -0.0500. The lowest BCUT2D eigenvalue weighted by atomic mass is 9.82. The van der Waals surface area contributed by atoms with Gasteiger partial charge in [-0.2, -0.15) is 0 Å². The zero-order valence-corrected chi connectivity index (χ0v) is 13.5. The monoisotopic (exact) mass is 297 g/mol. The molecule has 3 heteroatoms. The molecule has 2 bridgehead atoms. The Morgan fingerprint density at radius 1 is 1.42 bits per heavy atom. The number of hydrogen-bond acceptors (Lipinski definition) is 2. The van der Waals surface area contributed by atoms with Crippen molar-refractivity contribution in [2.24, 2.45) is 17.8 Å². The predicted molar refractivity (Wildman–Crippen MR) is 84.0 cm³/mol. The lowest BCUT2D eigenvalue weighted by Gasteiger charge is -2.30. The molecule has 1 heterocycles. The van der Waals surface area contributed by atoms with E-state index in [0.29, 0.717) is 6.04 Å². The van der Waals surface area contributed by atoms with Crippen LogP contribution >= 0.6 is 22.9 Å². The van der Waals surface area contributed by atoms with E-state index in [2.05, 4.69) is 25.2 Å². The minimum atomic E-state index is 0.548. The highest BCUT2D eigenvalue weighted by Gasteiger charge is 2.43. The molecule has 1 nitrogen and oxygen atoms in total. The highest BCUT2D eigenvalue weighted by molar-refractivity contribution is 7.16. The number of rotatable bonds is 5. The van der Waals surface area contributed by atoms with Crippen molar-refractivity contribution in [3.63, 3.8) is 0 Å². The fraction of sp³-hybridized carbons (Fsp3) is 0.750. The number of hydrogen-bond donors (Lipinski definition) is 1. The van der Waals surface area contributed by atoms with Crippen LogP contribution < -0.4 is 5.32 Å². The first kappa shape index (κ1) is 13.9. The smallest absolute Gasteiger partial charge is 0.0960 e. The number of thiophene rings is 1. The minimum absolute atomic E-state index is 0.548. The lowest BCUT2D eigenvalue weighted by molar-refractivity contribution is 0.253. The molecule has 0 aliphatic heterocycles. The van der Waals surface area contributed by atoms with E-state index in [1.54, 1.807) is 11.3 Å². The largest absolute Gasteiger partial charge is 0.309 e. The van der Waals surface area contributed by atoms with E-state index < -0.39 is 0 Å². The van der Waals surface area contributed by atoms with Gasteiger partial charge in [0.25, 0.3) is 0 Å². The summed E-state index contributed by atoms with van der Waals surface area (Å²) in [5, 5.41) is 3.80. The Morgan fingerprint density at radius 3 is 2.79 bits per heavy atom. The molecule has 2 aliphatic rings. The average molecular weight is 298 g/mol. The highest BCUT2D eigenvalue weighted by Crippen LogP contribution is 2.53. The fourth-order valence-corrected chi connectivity index (χ4v) is 5.47. The Morgan fingerprint density at radius 2 is 2.26 bits per heavy atom. The number of halogens is 1. The normalized spacial score (nSPS) is 31.0. The second-order valence-electron chi connectivity index (χ2n) is 6.38. The molecule has 2 fully saturated rings. The van der Waals surface area contributed by atoms with Crippen molar-refractivity contribution in [1.29, 1.82) is 0 Å². The van der Waals surface area contributed by atoms with Crippen LogP contribution in [0.2, 0.25) is 4.34 Å². The maximum absolute atomic E-state index is 6.28. The van der Waals surface area contributed by atoms with Crippen LogP contribution in [0, 0.1) is 24.7 Å². The third kappa shape index (κ3) is 2.72. The molecule has 0 spiro atoms. The summed E-state index contributed by atoms with van der Waals surface area (Å²) in [5.41, 5.74) is 1.24. The average Bonchev–Trinajstić information content (AvgIpc) is 3.08.